The van der Waals surface area contributed by atoms with Crippen LogP contribution in [0.15, 0.2) is 18.2 Å². The summed E-state index contributed by atoms with van der Waals surface area (Å²) in [5.41, 5.74) is 5.58. The topological polar surface area (TPSA) is 46.2 Å². The molecular formula is C9H11F2NO. The molecule has 2 nitrogen and oxygen atoms in total. The largest absolute Gasteiger partial charge is 0.395 e. The third kappa shape index (κ3) is 2.47. The lowest BCUT2D eigenvalue weighted by molar-refractivity contribution is 0.264. The van der Waals surface area contributed by atoms with E-state index in [4.69, 9.17) is 10.8 Å². The second kappa shape index (κ2) is 4.30. The molecule has 0 aliphatic carbocycles. The maximum absolute atomic E-state index is 13.0. The summed E-state index contributed by atoms with van der Waals surface area (Å²) in [4.78, 5) is 0. The van der Waals surface area contributed by atoms with Gasteiger partial charge in [0.25, 0.3) is 0 Å². The Balaban J connectivity index is 2.83. The Bertz CT molecular complexity index is 291. The smallest absolute Gasteiger partial charge is 0.162 e. The molecule has 13 heavy (non-hydrogen) atoms. The molecule has 0 fully saturated rings. The van der Waals surface area contributed by atoms with Crippen LogP contribution in [0.4, 0.5) is 8.78 Å². The summed E-state index contributed by atoms with van der Waals surface area (Å²) in [6, 6.07) is 3.37. The monoisotopic (exact) mass is 187 g/mol. The van der Waals surface area contributed by atoms with Crippen LogP contribution in [0, 0.1) is 11.6 Å². The van der Waals surface area contributed by atoms with Gasteiger partial charge in [-0.15, -0.1) is 0 Å². The molecule has 4 heteroatoms. The van der Waals surface area contributed by atoms with E-state index in [0.717, 1.165) is 6.07 Å². The highest BCUT2D eigenvalue weighted by Crippen LogP contribution is 2.12. The van der Waals surface area contributed by atoms with E-state index in [-0.39, 0.29) is 18.6 Å². The molecule has 0 aliphatic heterocycles. The van der Waals surface area contributed by atoms with Gasteiger partial charge in [0.15, 0.2) is 11.6 Å². The molecule has 1 aromatic carbocycles. The molecule has 0 saturated heterocycles. The number of nitrogens with two attached hydrogens (primary N) is 1. The number of hydrogen-bond acceptors (Lipinski definition) is 2. The van der Waals surface area contributed by atoms with E-state index >= 15 is 0 Å². The van der Waals surface area contributed by atoms with Crippen LogP contribution in [-0.4, -0.2) is 17.8 Å². The van der Waals surface area contributed by atoms with Crippen molar-refractivity contribution in [3.8, 4) is 0 Å². The molecule has 1 unspecified atom stereocenters. The molecule has 0 aromatic heterocycles. The minimum atomic E-state index is -0.886. The third-order valence-electron chi connectivity index (χ3n) is 1.75. The van der Waals surface area contributed by atoms with Gasteiger partial charge in [-0.1, -0.05) is 12.1 Å². The van der Waals surface area contributed by atoms with E-state index in [0.29, 0.717) is 0 Å². The first-order valence-electron chi connectivity index (χ1n) is 3.94. The Morgan fingerprint density at radius 2 is 2.08 bits per heavy atom. The summed E-state index contributed by atoms with van der Waals surface area (Å²) >= 11 is 0. The molecule has 0 spiro atoms. The molecule has 0 radical (unpaired) electrons. The van der Waals surface area contributed by atoms with Gasteiger partial charge in [0, 0.05) is 6.04 Å². The maximum atomic E-state index is 13.0. The fourth-order valence-electron chi connectivity index (χ4n) is 1.05. The Kier molecular flexibility index (Phi) is 3.33. The lowest BCUT2D eigenvalue weighted by atomic mass is 10.1. The van der Waals surface area contributed by atoms with E-state index in [1.54, 1.807) is 0 Å². The highest BCUT2D eigenvalue weighted by molar-refractivity contribution is 5.19. The normalized spacial score (nSPS) is 12.9. The molecule has 0 bridgehead atoms. The molecule has 1 aromatic rings. The van der Waals surface area contributed by atoms with Gasteiger partial charge in [-0.3, -0.25) is 0 Å². The predicted molar refractivity (Wildman–Crippen MR) is 45.1 cm³/mol. The number of rotatable bonds is 3. The van der Waals surface area contributed by atoms with Crippen molar-refractivity contribution >= 4 is 0 Å². The quantitative estimate of drug-likeness (QED) is 0.736. The Labute approximate surface area is 75.0 Å². The molecule has 0 saturated carbocycles. The Morgan fingerprint density at radius 1 is 1.38 bits per heavy atom. The molecule has 3 N–H and O–H groups in total. The van der Waals surface area contributed by atoms with Crippen molar-refractivity contribution in [2.45, 2.75) is 12.5 Å². The van der Waals surface area contributed by atoms with E-state index in [9.17, 15) is 8.78 Å². The second-order valence-electron chi connectivity index (χ2n) is 2.86. The van der Waals surface area contributed by atoms with Crippen molar-refractivity contribution in [3.63, 3.8) is 0 Å². The van der Waals surface area contributed by atoms with Crippen LogP contribution >= 0.6 is 0 Å². The zero-order chi connectivity index (χ0) is 9.84. The summed E-state index contributed by atoms with van der Waals surface area (Å²) in [6.45, 7) is -0.240. The summed E-state index contributed by atoms with van der Waals surface area (Å²) < 4.78 is 25.6. The van der Waals surface area contributed by atoms with Crippen LogP contribution in [-0.2, 0) is 6.42 Å². The van der Waals surface area contributed by atoms with Gasteiger partial charge in [-0.25, -0.2) is 8.78 Å². The average Bonchev–Trinajstić information content (AvgIpc) is 2.13. The van der Waals surface area contributed by atoms with E-state index < -0.39 is 17.7 Å². The van der Waals surface area contributed by atoms with E-state index in [2.05, 4.69) is 0 Å². The number of benzene rings is 1. The van der Waals surface area contributed by atoms with Gasteiger partial charge in [0.1, 0.15) is 0 Å². The van der Waals surface area contributed by atoms with Gasteiger partial charge >= 0.3 is 0 Å². The zero-order valence-electron chi connectivity index (χ0n) is 7.00. The molecular weight excluding hydrogens is 176 g/mol. The van der Waals surface area contributed by atoms with Crippen molar-refractivity contribution in [3.05, 3.63) is 35.4 Å². The Hall–Kier alpha value is -1.00. The summed E-state index contributed by atoms with van der Waals surface area (Å²) in [7, 11) is 0. The van der Waals surface area contributed by atoms with E-state index in [1.165, 1.54) is 12.1 Å². The lowest BCUT2D eigenvalue weighted by Gasteiger charge is -2.08. The highest BCUT2D eigenvalue weighted by Gasteiger charge is 2.10. The van der Waals surface area contributed by atoms with E-state index in [1.807, 2.05) is 0 Å². The average molecular weight is 187 g/mol. The fraction of sp³-hybridized carbons (Fsp3) is 0.333. The van der Waals surface area contributed by atoms with Crippen molar-refractivity contribution in [1.29, 1.82) is 0 Å². The minimum absolute atomic E-state index is 0.139. The van der Waals surface area contributed by atoms with Crippen molar-refractivity contribution < 1.29 is 13.9 Å². The van der Waals surface area contributed by atoms with Crippen molar-refractivity contribution in [2.75, 3.05) is 6.61 Å². The first-order valence-corrected chi connectivity index (χ1v) is 3.94. The third-order valence-corrected chi connectivity index (χ3v) is 1.75. The SMILES string of the molecule is NC(CO)Cc1cccc(F)c1F. The first kappa shape index (κ1) is 10.1. The number of aliphatic hydroxyl groups is 1. The van der Waals surface area contributed by atoms with Gasteiger partial charge in [-0.2, -0.15) is 0 Å². The highest BCUT2D eigenvalue weighted by atomic mass is 19.2. The van der Waals surface area contributed by atoms with Gasteiger partial charge in [0.2, 0.25) is 0 Å². The van der Waals surface area contributed by atoms with Crippen LogP contribution in [0.5, 0.6) is 0 Å². The molecule has 1 atom stereocenters. The van der Waals surface area contributed by atoms with Crippen LogP contribution in [0.1, 0.15) is 5.56 Å². The number of hydrogen-bond donors (Lipinski definition) is 2. The lowest BCUT2D eigenvalue weighted by Crippen LogP contribution is -2.27. The van der Waals surface area contributed by atoms with Gasteiger partial charge in [0.05, 0.1) is 6.61 Å². The number of halogens is 2. The van der Waals surface area contributed by atoms with Crippen LogP contribution < -0.4 is 5.73 Å². The standard InChI is InChI=1S/C9H11F2NO/c10-8-3-1-2-6(9(8)11)4-7(12)5-13/h1-3,7,13H,4-5,12H2. The Morgan fingerprint density at radius 3 is 2.69 bits per heavy atom. The molecule has 0 heterocycles. The van der Waals surface area contributed by atoms with Crippen LogP contribution in [0.3, 0.4) is 0 Å². The predicted octanol–water partition coefficient (Wildman–Crippen LogP) is 0.827. The summed E-state index contributed by atoms with van der Waals surface area (Å²) in [6.07, 6.45) is 0.139. The molecule has 0 aliphatic rings. The molecule has 1 rings (SSSR count). The van der Waals surface area contributed by atoms with Gasteiger partial charge < -0.3 is 10.8 Å². The fourth-order valence-corrected chi connectivity index (χ4v) is 1.05. The first-order chi connectivity index (χ1) is 6.15. The second-order valence-corrected chi connectivity index (χ2v) is 2.86. The van der Waals surface area contributed by atoms with Crippen LogP contribution in [0.2, 0.25) is 0 Å². The van der Waals surface area contributed by atoms with Crippen molar-refractivity contribution in [2.24, 2.45) is 5.73 Å². The molecule has 0 amide bonds. The summed E-state index contributed by atoms with van der Waals surface area (Å²) in [5, 5.41) is 8.62. The summed E-state index contributed by atoms with van der Waals surface area (Å²) in [5.74, 6) is -1.77. The van der Waals surface area contributed by atoms with Crippen LogP contribution in [0.25, 0.3) is 0 Å². The van der Waals surface area contributed by atoms with Crippen molar-refractivity contribution in [1.82, 2.24) is 0 Å². The zero-order valence-corrected chi connectivity index (χ0v) is 7.00. The number of aliphatic hydroxyl groups excluding tert-OH is 1. The molecule has 72 valence electrons. The minimum Gasteiger partial charge on any atom is -0.395 e. The van der Waals surface area contributed by atoms with Gasteiger partial charge in [-0.05, 0) is 18.1 Å². The maximum Gasteiger partial charge on any atom is 0.162 e.